The van der Waals surface area contributed by atoms with Gasteiger partial charge in [-0.15, -0.1) is 0 Å². The Hall–Kier alpha value is -2.08. The van der Waals surface area contributed by atoms with Crippen LogP contribution in [0.25, 0.3) is 0 Å². The van der Waals surface area contributed by atoms with Crippen molar-refractivity contribution in [3.8, 4) is 5.75 Å². The molecule has 0 saturated heterocycles. The number of fused-ring (bicyclic) bond motifs is 1. The molecule has 1 aromatic carbocycles. The number of ether oxygens (including phenoxy) is 1. The number of rotatable bonds is 2. The Morgan fingerprint density at radius 3 is 3.06 bits per heavy atom. The number of benzene rings is 1. The standard InChI is InChI=1S/C10H10N4O2/c11-13-10-12-9(14-16-10)7-5-15-8-4-2-1-3-6(7)8/h1-4,7H,5,11H2,(H,12,13,14). The first-order valence-corrected chi connectivity index (χ1v) is 4.90. The van der Waals surface area contributed by atoms with Crippen LogP contribution in [0.3, 0.4) is 0 Å². The van der Waals surface area contributed by atoms with Gasteiger partial charge in [-0.3, -0.25) is 5.43 Å². The van der Waals surface area contributed by atoms with Crippen LogP contribution in [0.1, 0.15) is 17.3 Å². The minimum atomic E-state index is 0.0158. The van der Waals surface area contributed by atoms with Crippen molar-refractivity contribution < 1.29 is 9.26 Å². The summed E-state index contributed by atoms with van der Waals surface area (Å²) in [6.07, 6.45) is 0. The van der Waals surface area contributed by atoms with Gasteiger partial charge < -0.3 is 9.26 Å². The second-order valence-corrected chi connectivity index (χ2v) is 3.50. The first-order valence-electron chi connectivity index (χ1n) is 4.90. The summed E-state index contributed by atoms with van der Waals surface area (Å²) in [4.78, 5) is 4.12. The number of nitrogens with one attached hydrogen (secondary N) is 1. The van der Waals surface area contributed by atoms with Crippen molar-refractivity contribution in [3.63, 3.8) is 0 Å². The first kappa shape index (κ1) is 9.17. The molecule has 1 aromatic heterocycles. The van der Waals surface area contributed by atoms with Crippen LogP contribution < -0.4 is 16.0 Å². The zero-order chi connectivity index (χ0) is 11.0. The Bertz CT molecular complexity index is 511. The predicted molar refractivity (Wildman–Crippen MR) is 55.9 cm³/mol. The lowest BCUT2D eigenvalue weighted by Crippen LogP contribution is -2.08. The van der Waals surface area contributed by atoms with Crippen LogP contribution in [0.4, 0.5) is 6.01 Å². The quantitative estimate of drug-likeness (QED) is 0.574. The van der Waals surface area contributed by atoms with E-state index >= 15 is 0 Å². The van der Waals surface area contributed by atoms with Crippen molar-refractivity contribution in [2.45, 2.75) is 5.92 Å². The van der Waals surface area contributed by atoms with E-state index in [1.807, 2.05) is 24.3 Å². The van der Waals surface area contributed by atoms with Crippen LogP contribution in [0.2, 0.25) is 0 Å². The van der Waals surface area contributed by atoms with E-state index in [1.54, 1.807) is 0 Å². The highest BCUT2D eigenvalue weighted by Crippen LogP contribution is 2.36. The monoisotopic (exact) mass is 218 g/mol. The van der Waals surface area contributed by atoms with E-state index in [4.69, 9.17) is 15.1 Å². The first-order chi connectivity index (χ1) is 7.88. The number of aromatic nitrogens is 2. The Kier molecular flexibility index (Phi) is 2.00. The fourth-order valence-corrected chi connectivity index (χ4v) is 1.81. The molecule has 1 aliphatic rings. The molecule has 3 N–H and O–H groups in total. The summed E-state index contributed by atoms with van der Waals surface area (Å²) in [6.45, 7) is 0.531. The molecule has 0 aliphatic carbocycles. The lowest BCUT2D eigenvalue weighted by atomic mass is 10.0. The molecular weight excluding hydrogens is 208 g/mol. The summed E-state index contributed by atoms with van der Waals surface area (Å²) in [5.41, 5.74) is 3.39. The van der Waals surface area contributed by atoms with E-state index in [0.717, 1.165) is 11.3 Å². The van der Waals surface area contributed by atoms with Gasteiger partial charge in [0.05, 0.1) is 5.92 Å². The maximum absolute atomic E-state index is 5.54. The van der Waals surface area contributed by atoms with Crippen molar-refractivity contribution >= 4 is 6.01 Å². The molecule has 82 valence electrons. The number of nitrogen functional groups attached to an aromatic ring is 1. The minimum absolute atomic E-state index is 0.0158. The molecule has 0 radical (unpaired) electrons. The van der Waals surface area contributed by atoms with E-state index in [9.17, 15) is 0 Å². The maximum Gasteiger partial charge on any atom is 0.335 e. The highest BCUT2D eigenvalue weighted by atomic mass is 16.5. The molecule has 0 amide bonds. The second kappa shape index (κ2) is 3.49. The van der Waals surface area contributed by atoms with E-state index in [0.29, 0.717) is 12.4 Å². The zero-order valence-electron chi connectivity index (χ0n) is 8.38. The molecule has 0 bridgehead atoms. The van der Waals surface area contributed by atoms with Gasteiger partial charge in [0, 0.05) is 5.56 Å². The normalized spacial score (nSPS) is 17.9. The molecule has 6 nitrogen and oxygen atoms in total. The van der Waals surface area contributed by atoms with E-state index < -0.39 is 0 Å². The number of nitrogens with two attached hydrogens (primary N) is 1. The van der Waals surface area contributed by atoms with Gasteiger partial charge in [-0.1, -0.05) is 23.4 Å². The van der Waals surface area contributed by atoms with Crippen LogP contribution >= 0.6 is 0 Å². The van der Waals surface area contributed by atoms with Crippen molar-refractivity contribution in [1.82, 2.24) is 10.1 Å². The average molecular weight is 218 g/mol. The predicted octanol–water partition coefficient (Wildman–Crippen LogP) is 0.880. The number of hydrogen-bond acceptors (Lipinski definition) is 6. The molecule has 6 heteroatoms. The summed E-state index contributed by atoms with van der Waals surface area (Å²) in [7, 11) is 0. The van der Waals surface area contributed by atoms with Gasteiger partial charge in [0.25, 0.3) is 0 Å². The Morgan fingerprint density at radius 2 is 2.25 bits per heavy atom. The molecular formula is C10H10N4O2. The topological polar surface area (TPSA) is 86.2 Å². The minimum Gasteiger partial charge on any atom is -0.492 e. The SMILES string of the molecule is NNc1nc(C2COc3ccccc32)no1. The highest BCUT2D eigenvalue weighted by molar-refractivity contribution is 5.42. The molecule has 2 aromatic rings. The van der Waals surface area contributed by atoms with Crippen LogP contribution in [0.15, 0.2) is 28.8 Å². The third kappa shape index (κ3) is 1.31. The van der Waals surface area contributed by atoms with Crippen molar-refractivity contribution in [1.29, 1.82) is 0 Å². The summed E-state index contributed by atoms with van der Waals surface area (Å²) < 4.78 is 10.4. The number of hydrogen-bond donors (Lipinski definition) is 2. The molecule has 0 fully saturated rings. The van der Waals surface area contributed by atoms with E-state index in [2.05, 4.69) is 15.6 Å². The molecule has 1 aliphatic heterocycles. The Balaban J connectivity index is 1.98. The van der Waals surface area contributed by atoms with Crippen molar-refractivity contribution in [3.05, 3.63) is 35.7 Å². The smallest absolute Gasteiger partial charge is 0.335 e. The molecule has 16 heavy (non-hydrogen) atoms. The third-order valence-electron chi connectivity index (χ3n) is 2.58. The molecule has 2 heterocycles. The van der Waals surface area contributed by atoms with Crippen molar-refractivity contribution in [2.75, 3.05) is 12.0 Å². The number of hydrazine groups is 1. The molecule has 3 rings (SSSR count). The summed E-state index contributed by atoms with van der Waals surface area (Å²) in [5, 5.41) is 3.86. The third-order valence-corrected chi connectivity index (χ3v) is 2.58. The second-order valence-electron chi connectivity index (χ2n) is 3.50. The van der Waals surface area contributed by atoms with E-state index in [1.165, 1.54) is 0 Å². The lowest BCUT2D eigenvalue weighted by molar-refractivity contribution is 0.335. The molecule has 1 atom stereocenters. The lowest BCUT2D eigenvalue weighted by Gasteiger charge is -2.01. The van der Waals surface area contributed by atoms with Crippen LogP contribution in [-0.2, 0) is 0 Å². The fourth-order valence-electron chi connectivity index (χ4n) is 1.81. The molecule has 0 spiro atoms. The van der Waals surface area contributed by atoms with Gasteiger partial charge >= 0.3 is 6.01 Å². The number of para-hydroxylation sites is 1. The summed E-state index contributed by atoms with van der Waals surface area (Å²) in [6, 6.07) is 8.03. The fraction of sp³-hybridized carbons (Fsp3) is 0.200. The van der Waals surface area contributed by atoms with Gasteiger partial charge in [-0.2, -0.15) is 4.98 Å². The number of nitrogens with zero attached hydrogens (tertiary/aromatic N) is 2. The Morgan fingerprint density at radius 1 is 1.38 bits per heavy atom. The zero-order valence-corrected chi connectivity index (χ0v) is 8.38. The van der Waals surface area contributed by atoms with Crippen LogP contribution in [0.5, 0.6) is 5.75 Å². The van der Waals surface area contributed by atoms with Gasteiger partial charge in [0.2, 0.25) is 0 Å². The molecule has 0 saturated carbocycles. The largest absolute Gasteiger partial charge is 0.492 e. The number of anilines is 1. The maximum atomic E-state index is 5.54. The Labute approximate surface area is 91.4 Å². The van der Waals surface area contributed by atoms with E-state index in [-0.39, 0.29) is 11.9 Å². The van der Waals surface area contributed by atoms with Gasteiger partial charge in [-0.05, 0) is 6.07 Å². The van der Waals surface area contributed by atoms with Crippen molar-refractivity contribution in [2.24, 2.45) is 5.84 Å². The average Bonchev–Trinajstić information content (AvgIpc) is 2.94. The summed E-state index contributed by atoms with van der Waals surface area (Å²) in [5.74, 6) is 6.65. The van der Waals surface area contributed by atoms with Gasteiger partial charge in [0.1, 0.15) is 12.4 Å². The van der Waals surface area contributed by atoms with Crippen LogP contribution in [-0.4, -0.2) is 16.7 Å². The van der Waals surface area contributed by atoms with Gasteiger partial charge in [-0.25, -0.2) is 5.84 Å². The highest BCUT2D eigenvalue weighted by Gasteiger charge is 2.29. The summed E-state index contributed by atoms with van der Waals surface area (Å²) >= 11 is 0. The molecule has 1 unspecified atom stereocenters. The van der Waals surface area contributed by atoms with Gasteiger partial charge in [0.15, 0.2) is 5.82 Å². The van der Waals surface area contributed by atoms with Crippen LogP contribution in [0, 0.1) is 0 Å².